The Morgan fingerprint density at radius 1 is 1.13 bits per heavy atom. The molecule has 10 heteroatoms. The van der Waals surface area contributed by atoms with Crippen molar-refractivity contribution in [1.29, 1.82) is 0 Å². The van der Waals surface area contributed by atoms with Crippen LogP contribution in [0.25, 0.3) is 0 Å². The highest BCUT2D eigenvalue weighted by molar-refractivity contribution is 8.00. The van der Waals surface area contributed by atoms with Crippen molar-refractivity contribution in [3.05, 3.63) is 71.6 Å². The second kappa shape index (κ2) is 12.6. The Balaban J connectivity index is 1.20. The largest absolute Gasteiger partial charge is 0.453 e. The predicted molar refractivity (Wildman–Crippen MR) is 145 cm³/mol. The molecule has 1 saturated carbocycles. The molecule has 0 spiro atoms. The summed E-state index contributed by atoms with van der Waals surface area (Å²) in [5.74, 6) is 0.0952. The number of nitrogens with zero attached hydrogens (tertiary/aromatic N) is 2. The van der Waals surface area contributed by atoms with Crippen molar-refractivity contribution < 1.29 is 18.7 Å². The molecule has 3 N–H and O–H groups in total. The van der Waals surface area contributed by atoms with E-state index in [4.69, 9.17) is 9.47 Å². The maximum atomic E-state index is 14.9. The molecule has 1 unspecified atom stereocenters. The average Bonchev–Trinajstić information content (AvgIpc) is 3.59. The number of benzene rings is 1. The highest BCUT2D eigenvalue weighted by Gasteiger charge is 2.29. The summed E-state index contributed by atoms with van der Waals surface area (Å²) in [6.45, 7) is 2.19. The number of hydrogen-bond acceptors (Lipinski definition) is 7. The first-order chi connectivity index (χ1) is 18.6. The van der Waals surface area contributed by atoms with Crippen LogP contribution in [0, 0.1) is 5.82 Å². The molecule has 38 heavy (non-hydrogen) atoms. The summed E-state index contributed by atoms with van der Waals surface area (Å²) in [5.41, 5.74) is 3.36. The fourth-order valence-corrected chi connectivity index (χ4v) is 5.97. The fraction of sp³-hybridized carbons (Fsp3) is 0.393. The third-order valence-electron chi connectivity index (χ3n) is 6.67. The number of nitrogens with one attached hydrogen (secondary N) is 3. The van der Waals surface area contributed by atoms with Crippen molar-refractivity contribution in [3.63, 3.8) is 0 Å². The summed E-state index contributed by atoms with van der Waals surface area (Å²) in [7, 11) is 1.69. The van der Waals surface area contributed by atoms with Crippen molar-refractivity contribution >= 4 is 23.5 Å². The number of halogens is 1. The molecule has 1 atom stereocenters. The number of carbonyl (C=O) groups excluding carboxylic acids is 1. The summed E-state index contributed by atoms with van der Waals surface area (Å²) in [4.78, 5) is 22.3. The molecule has 2 amide bonds. The van der Waals surface area contributed by atoms with Gasteiger partial charge in [-0.25, -0.2) is 9.18 Å². The van der Waals surface area contributed by atoms with Gasteiger partial charge in [0.25, 0.3) is 0 Å². The van der Waals surface area contributed by atoms with Crippen molar-refractivity contribution in [2.45, 2.75) is 54.8 Å². The Morgan fingerprint density at radius 3 is 2.76 bits per heavy atom. The third kappa shape index (κ3) is 6.61. The number of amides is 2. The Kier molecular flexibility index (Phi) is 8.72. The smallest absolute Gasteiger partial charge is 0.319 e. The molecule has 2 aliphatic rings. The topological polar surface area (TPSA) is 97.4 Å². The molecular weight excluding hydrogens is 505 g/mol. The molecule has 2 aromatic heterocycles. The van der Waals surface area contributed by atoms with Crippen LogP contribution in [0.5, 0.6) is 11.5 Å². The second-order valence-electron chi connectivity index (χ2n) is 9.48. The van der Waals surface area contributed by atoms with Crippen molar-refractivity contribution in [2.24, 2.45) is 0 Å². The molecule has 200 valence electrons. The number of aromatic nitrogens is 2. The Hall–Kier alpha value is -3.21. The zero-order valence-corrected chi connectivity index (χ0v) is 22.2. The van der Waals surface area contributed by atoms with Crippen LogP contribution in [-0.2, 0) is 17.7 Å². The third-order valence-corrected chi connectivity index (χ3v) is 8.04. The Bertz CT molecular complexity index is 1250. The average molecular weight is 538 g/mol. The Morgan fingerprint density at radius 2 is 2.00 bits per heavy atom. The van der Waals surface area contributed by atoms with E-state index in [-0.39, 0.29) is 23.1 Å². The fourth-order valence-electron chi connectivity index (χ4n) is 4.69. The van der Waals surface area contributed by atoms with Gasteiger partial charge in [0.1, 0.15) is 5.75 Å². The van der Waals surface area contributed by atoms with E-state index in [1.54, 1.807) is 37.2 Å². The molecular formula is C28H32FN5O3S. The maximum absolute atomic E-state index is 14.9. The van der Waals surface area contributed by atoms with Crippen LogP contribution in [0.2, 0.25) is 0 Å². The van der Waals surface area contributed by atoms with Crippen LogP contribution in [0.1, 0.15) is 47.9 Å². The monoisotopic (exact) mass is 537 g/mol. The lowest BCUT2D eigenvalue weighted by molar-refractivity contribution is 0.199. The van der Waals surface area contributed by atoms with Gasteiger partial charge in [-0.1, -0.05) is 18.9 Å². The summed E-state index contributed by atoms with van der Waals surface area (Å²) in [6, 6.07) is 10.2. The molecule has 1 aromatic carbocycles. The molecule has 1 fully saturated rings. The number of pyridine rings is 2. The van der Waals surface area contributed by atoms with Gasteiger partial charge in [-0.2, -0.15) is 0 Å². The Labute approximate surface area is 226 Å². The van der Waals surface area contributed by atoms with Gasteiger partial charge < -0.3 is 25.4 Å². The lowest BCUT2D eigenvalue weighted by atomic mass is 10.1. The number of ether oxygens (including phenoxy) is 2. The zero-order chi connectivity index (χ0) is 26.3. The van der Waals surface area contributed by atoms with Crippen molar-refractivity contribution in [2.75, 3.05) is 25.6 Å². The summed E-state index contributed by atoms with van der Waals surface area (Å²) >= 11 is 1.63. The lowest BCUT2D eigenvalue weighted by Gasteiger charge is -2.14. The van der Waals surface area contributed by atoms with Crippen molar-refractivity contribution in [1.82, 2.24) is 20.6 Å². The van der Waals surface area contributed by atoms with Gasteiger partial charge in [-0.15, -0.1) is 11.8 Å². The van der Waals surface area contributed by atoms with Gasteiger partial charge in [0.15, 0.2) is 11.6 Å². The minimum atomic E-state index is -0.551. The highest BCUT2D eigenvalue weighted by Crippen LogP contribution is 2.50. The normalized spacial score (nSPS) is 16.8. The lowest BCUT2D eigenvalue weighted by Crippen LogP contribution is -2.36. The molecule has 5 rings (SSSR count). The first kappa shape index (κ1) is 26.4. The van der Waals surface area contributed by atoms with Gasteiger partial charge in [-0.3, -0.25) is 9.97 Å². The number of rotatable bonds is 10. The van der Waals surface area contributed by atoms with E-state index in [9.17, 15) is 9.18 Å². The first-order valence-corrected chi connectivity index (χ1v) is 13.8. The summed E-state index contributed by atoms with van der Waals surface area (Å²) < 4.78 is 26.0. The van der Waals surface area contributed by atoms with Gasteiger partial charge in [0.2, 0.25) is 0 Å². The second-order valence-corrected chi connectivity index (χ2v) is 10.7. The number of methoxy groups -OCH3 is 1. The van der Waals surface area contributed by atoms with E-state index in [0.717, 1.165) is 67.0 Å². The molecule has 0 bridgehead atoms. The van der Waals surface area contributed by atoms with E-state index < -0.39 is 5.82 Å². The molecule has 3 heterocycles. The number of urea groups is 1. The number of anilines is 1. The van der Waals surface area contributed by atoms with Gasteiger partial charge >= 0.3 is 6.03 Å². The van der Waals surface area contributed by atoms with E-state index >= 15 is 0 Å². The van der Waals surface area contributed by atoms with Crippen LogP contribution in [0.3, 0.4) is 0 Å². The zero-order valence-electron chi connectivity index (χ0n) is 21.3. The number of thioether (sulfide) groups is 1. The van der Waals surface area contributed by atoms with E-state index in [1.807, 2.05) is 12.3 Å². The number of carbonyl (C=O) groups is 1. The van der Waals surface area contributed by atoms with Gasteiger partial charge in [0, 0.05) is 62.9 Å². The van der Waals surface area contributed by atoms with Crippen LogP contribution < -0.4 is 20.7 Å². The minimum absolute atomic E-state index is 0.0904. The maximum Gasteiger partial charge on any atom is 0.319 e. The van der Waals surface area contributed by atoms with E-state index in [1.165, 1.54) is 12.1 Å². The van der Waals surface area contributed by atoms with Crippen LogP contribution in [0.4, 0.5) is 14.9 Å². The SMILES string of the molecule is COCCNCc1ccc(C2Cc3nccc(Oc4ccc(NC(=O)NC5CCCC5)cc4F)c3S2)nc1. The molecule has 0 saturated heterocycles. The molecule has 1 aliphatic carbocycles. The van der Waals surface area contributed by atoms with Crippen molar-refractivity contribution in [3.8, 4) is 11.5 Å². The molecule has 8 nitrogen and oxygen atoms in total. The highest BCUT2D eigenvalue weighted by atomic mass is 32.2. The number of hydrogen-bond donors (Lipinski definition) is 3. The van der Waals surface area contributed by atoms with E-state index in [0.29, 0.717) is 18.0 Å². The standard InChI is InChI=1S/C28H32FN5O3S/c1-36-13-12-30-16-18-6-8-22(32-17-18)26-15-23-27(38-26)25(10-11-31-23)37-24-9-7-20(14-21(24)29)34-28(35)33-19-4-2-3-5-19/h6-11,14,17,19,26,30H,2-5,12-13,15-16H2,1H3,(H2,33,34,35). The van der Waals surface area contributed by atoms with Gasteiger partial charge in [-0.05, 0) is 36.6 Å². The quantitative estimate of drug-likeness (QED) is 0.290. The predicted octanol–water partition coefficient (Wildman–Crippen LogP) is 5.60. The molecule has 1 aliphatic heterocycles. The van der Waals surface area contributed by atoms with Crippen LogP contribution in [0.15, 0.2) is 53.7 Å². The number of fused-ring (bicyclic) bond motifs is 1. The minimum Gasteiger partial charge on any atom is -0.453 e. The van der Waals surface area contributed by atoms with Crippen LogP contribution >= 0.6 is 11.8 Å². The van der Waals surface area contributed by atoms with Gasteiger partial charge in [0.05, 0.1) is 28.1 Å². The molecule has 0 radical (unpaired) electrons. The van der Waals surface area contributed by atoms with Crippen LogP contribution in [-0.4, -0.2) is 42.3 Å². The molecule has 3 aromatic rings. The summed E-state index contributed by atoms with van der Waals surface area (Å²) in [6.07, 6.45) is 8.51. The first-order valence-electron chi connectivity index (χ1n) is 12.9. The van der Waals surface area contributed by atoms with E-state index in [2.05, 4.69) is 32.0 Å². The summed E-state index contributed by atoms with van der Waals surface area (Å²) in [5, 5.41) is 9.07.